The monoisotopic (exact) mass is 229 g/mol. The van der Waals surface area contributed by atoms with Crippen LogP contribution in [0.15, 0.2) is 0 Å². The van der Waals surface area contributed by atoms with Gasteiger partial charge in [0.05, 0.1) is 0 Å². The fraction of sp³-hybridized carbons (Fsp3) is 0. The number of halogens is 2. The van der Waals surface area contributed by atoms with E-state index in [0.717, 1.165) is 0 Å². The molecule has 0 aromatic carbocycles. The van der Waals surface area contributed by atoms with Crippen LogP contribution in [0.1, 0.15) is 0 Å². The van der Waals surface area contributed by atoms with Crippen LogP contribution in [0.2, 0.25) is 0 Å². The summed E-state index contributed by atoms with van der Waals surface area (Å²) in [5.41, 5.74) is 0. The van der Waals surface area contributed by atoms with E-state index >= 15 is 0 Å². The summed E-state index contributed by atoms with van der Waals surface area (Å²) in [7, 11) is 0. The zero-order chi connectivity index (χ0) is 2.71. The second-order valence-corrected chi connectivity index (χ2v) is 1.21. The molecule has 1 nitrogen and oxygen atoms in total. The second kappa shape index (κ2) is 8.84. The molecule has 0 bridgehead atoms. The van der Waals surface area contributed by atoms with Gasteiger partial charge >= 0.3 is 41.6 Å². The van der Waals surface area contributed by atoms with Gasteiger partial charge in [-0.05, 0) is 0 Å². The molecule has 0 amide bonds. The van der Waals surface area contributed by atoms with E-state index in [4.69, 9.17) is 1.16 Å². The molecule has 0 unspecified atom stereocenters. The van der Waals surface area contributed by atoms with Crippen LogP contribution in [0.3, 0.4) is 0 Å². The molecule has 0 aliphatic carbocycles. The Morgan fingerprint density at radius 2 is 1.75 bits per heavy atom. The predicted molar refractivity (Wildman–Crippen MR) is 9.04 cm³/mol. The minimum absolute atomic E-state index is 0. The Kier molecular flexibility index (Phi) is 19.9. The van der Waals surface area contributed by atoms with Crippen LogP contribution in [0.4, 0.5) is 4.70 Å². The van der Waals surface area contributed by atoms with Gasteiger partial charge in [-0.1, -0.05) is 0 Å². The molecular weight excluding hydrogens is 228 g/mol. The van der Waals surface area contributed by atoms with Crippen molar-refractivity contribution in [3.63, 3.8) is 0 Å². The second-order valence-electron chi connectivity index (χ2n) is 0.0546. The van der Waals surface area contributed by atoms with Gasteiger partial charge in [-0.25, -0.2) is 0 Å². The topological polar surface area (TPSA) is 17.1 Å². The summed E-state index contributed by atoms with van der Waals surface area (Å²) in [5.74, 6) is 4.58. The molecule has 0 saturated carbocycles. The molecule has 0 heterocycles. The SMILES string of the molecule is F.[O]=[Gd][Cl]. The first-order valence-electron chi connectivity index (χ1n) is 0.278. The van der Waals surface area contributed by atoms with Crippen LogP contribution >= 0.6 is 5.97 Å². The maximum atomic E-state index is 8.83. The Morgan fingerprint density at radius 1 is 1.75 bits per heavy atom. The van der Waals surface area contributed by atoms with Crippen molar-refractivity contribution >= 4 is 5.97 Å². The number of hydrogen-bond acceptors (Lipinski definition) is 1. The van der Waals surface area contributed by atoms with Gasteiger partial charge in [0.2, 0.25) is 0 Å². The standard InChI is InChI=1S/ClH.FH.Gd.O/h2*1H;;/q;;+1;/p-1. The van der Waals surface area contributed by atoms with Crippen molar-refractivity contribution in [1.82, 2.24) is 0 Å². The summed E-state index contributed by atoms with van der Waals surface area (Å²) < 4.78 is 8.83. The molecule has 0 aromatic rings. The fourth-order valence-corrected chi connectivity index (χ4v) is 0. The van der Waals surface area contributed by atoms with Crippen molar-refractivity contribution in [2.75, 3.05) is 0 Å². The molecule has 0 radical (unpaired) electrons. The molecule has 4 heteroatoms. The molecule has 0 fully saturated rings. The molecule has 4 heavy (non-hydrogen) atoms. The molecule has 0 rings (SSSR count). The molecule has 0 atom stereocenters. The Morgan fingerprint density at radius 3 is 1.75 bits per heavy atom. The molecular formula is HClFGdO. The molecule has 0 spiro atoms. The third kappa shape index (κ3) is 10.2. The maximum absolute atomic E-state index is 8.83. The van der Waals surface area contributed by atoms with Crippen molar-refractivity contribution in [1.29, 1.82) is 0 Å². The number of hydrogen-bond donors (Lipinski definition) is 0. The van der Waals surface area contributed by atoms with Crippen LogP contribution in [0.25, 0.3) is 0 Å². The molecule has 0 saturated heterocycles. The Labute approximate surface area is 45.7 Å². The van der Waals surface area contributed by atoms with Gasteiger partial charge in [0, 0.05) is 0 Å². The Balaban J connectivity index is 0. The van der Waals surface area contributed by atoms with Crippen LogP contribution in [-0.2, 0) is 1.16 Å². The van der Waals surface area contributed by atoms with Gasteiger partial charge in [-0.3, -0.25) is 4.70 Å². The van der Waals surface area contributed by atoms with Crippen LogP contribution < -0.4 is 0 Å². The van der Waals surface area contributed by atoms with E-state index in [1.807, 2.05) is 0 Å². The van der Waals surface area contributed by atoms with Gasteiger partial charge in [-0.15, -0.1) is 0 Å². The van der Waals surface area contributed by atoms with Crippen molar-refractivity contribution in [2.45, 2.75) is 0 Å². The first-order chi connectivity index (χ1) is 1.41. The van der Waals surface area contributed by atoms with Gasteiger partial charge in [0.1, 0.15) is 0 Å². The zero-order valence-electron chi connectivity index (χ0n) is 1.55. The average Bonchev–Trinajstić information content (AvgIpc) is 0.918. The van der Waals surface area contributed by atoms with E-state index in [9.17, 15) is 0 Å². The summed E-state index contributed by atoms with van der Waals surface area (Å²) in [6.07, 6.45) is 0. The third-order valence-electron chi connectivity index (χ3n) is 0. The van der Waals surface area contributed by atoms with Gasteiger partial charge in [0.25, 0.3) is 0 Å². The van der Waals surface area contributed by atoms with Gasteiger partial charge in [0.15, 0.2) is 0 Å². The van der Waals surface area contributed by atoms with Crippen LogP contribution in [0.5, 0.6) is 0 Å². The van der Waals surface area contributed by atoms with E-state index in [0.29, 0.717) is 0 Å². The van der Waals surface area contributed by atoms with Gasteiger partial charge in [-0.2, -0.15) is 0 Å². The van der Waals surface area contributed by atoms with Crippen LogP contribution in [0, 0.1) is 34.4 Å². The van der Waals surface area contributed by atoms with E-state index in [1.54, 1.807) is 0 Å². The quantitative estimate of drug-likeness (QED) is 0.597. The van der Waals surface area contributed by atoms with E-state index in [-0.39, 0.29) is 4.70 Å². The summed E-state index contributed by atoms with van der Waals surface area (Å²) >= 11 is -1.36. The molecule has 29 valence electrons. The van der Waals surface area contributed by atoms with Crippen molar-refractivity contribution in [3.8, 4) is 0 Å². The summed E-state index contributed by atoms with van der Waals surface area (Å²) in [5, 5.41) is 0. The summed E-state index contributed by atoms with van der Waals surface area (Å²) in [6, 6.07) is 0. The average molecular weight is 229 g/mol. The third-order valence-corrected chi connectivity index (χ3v) is 0. The van der Waals surface area contributed by atoms with Crippen LogP contribution in [-0.4, -0.2) is 0 Å². The molecule has 0 aliphatic rings. The van der Waals surface area contributed by atoms with Gasteiger partial charge < -0.3 is 0 Å². The van der Waals surface area contributed by atoms with E-state index in [2.05, 4.69) is 5.97 Å². The fourth-order valence-electron chi connectivity index (χ4n) is 0. The molecule has 0 aliphatic heterocycles. The van der Waals surface area contributed by atoms with Crippen molar-refractivity contribution < 1.29 is 40.3 Å². The zero-order valence-corrected chi connectivity index (χ0v) is 4.57. The van der Waals surface area contributed by atoms with E-state index < -0.39 is 34.4 Å². The van der Waals surface area contributed by atoms with Crippen molar-refractivity contribution in [2.24, 2.45) is 0 Å². The first kappa shape index (κ1) is 9.02. The Bertz CT molecular complexity index is 15.5. The Hall–Kier alpha value is 1.34. The summed E-state index contributed by atoms with van der Waals surface area (Å²) in [4.78, 5) is 0. The predicted octanol–water partition coefficient (Wildman–Crippen LogP) is 0.723. The first-order valence-corrected chi connectivity index (χ1v) is 4.04. The molecule has 0 N–H and O–H groups in total. The normalized spacial score (nSPS) is 4.25. The van der Waals surface area contributed by atoms with E-state index in [1.165, 1.54) is 0 Å². The molecule has 0 aromatic heterocycles. The minimum atomic E-state index is -1.36. The van der Waals surface area contributed by atoms with Crippen molar-refractivity contribution in [3.05, 3.63) is 0 Å². The summed E-state index contributed by atoms with van der Waals surface area (Å²) in [6.45, 7) is 0. The number of rotatable bonds is 0.